The van der Waals surface area contributed by atoms with E-state index in [-0.39, 0.29) is 28.4 Å². The summed E-state index contributed by atoms with van der Waals surface area (Å²) in [5.41, 5.74) is 1.85. The van der Waals surface area contributed by atoms with Gasteiger partial charge in [-0.3, -0.25) is 19.4 Å². The molecule has 0 spiro atoms. The number of carbonyl (C=O) groups is 1. The third kappa shape index (κ3) is 4.50. The fourth-order valence-corrected chi connectivity index (χ4v) is 3.70. The van der Waals surface area contributed by atoms with Crippen molar-refractivity contribution in [3.63, 3.8) is 0 Å². The van der Waals surface area contributed by atoms with Crippen molar-refractivity contribution in [1.82, 2.24) is 19.3 Å². The molecule has 0 aliphatic rings. The van der Waals surface area contributed by atoms with Gasteiger partial charge < -0.3 is 14.6 Å². The van der Waals surface area contributed by atoms with Crippen LogP contribution in [0, 0.1) is 11.3 Å². The van der Waals surface area contributed by atoms with Crippen molar-refractivity contribution in [3.05, 3.63) is 81.7 Å². The van der Waals surface area contributed by atoms with E-state index in [4.69, 9.17) is 10.1 Å². The van der Waals surface area contributed by atoms with Crippen molar-refractivity contribution in [2.45, 2.75) is 26.8 Å². The molecule has 1 aromatic carbocycles. The Morgan fingerprint density at radius 2 is 1.94 bits per heavy atom. The van der Waals surface area contributed by atoms with Gasteiger partial charge in [-0.25, -0.2) is 4.98 Å². The molecular formula is C25H27N5O3. The lowest BCUT2D eigenvalue weighted by Gasteiger charge is -2.15. The van der Waals surface area contributed by atoms with E-state index in [0.29, 0.717) is 36.2 Å². The molecule has 0 saturated heterocycles. The molecule has 0 saturated carbocycles. The molecule has 0 unspecified atom stereocenters. The van der Waals surface area contributed by atoms with E-state index >= 15 is 0 Å². The van der Waals surface area contributed by atoms with Gasteiger partial charge >= 0.3 is 0 Å². The molecule has 0 radical (unpaired) electrons. The van der Waals surface area contributed by atoms with Gasteiger partial charge in [0, 0.05) is 19.3 Å². The molecule has 170 valence electrons. The van der Waals surface area contributed by atoms with E-state index in [1.807, 2.05) is 44.2 Å². The quantitative estimate of drug-likeness (QED) is 0.427. The third-order valence-corrected chi connectivity index (χ3v) is 5.52. The minimum Gasteiger partial charge on any atom is -0.497 e. The summed E-state index contributed by atoms with van der Waals surface area (Å²) in [6, 6.07) is 14.5. The number of ether oxygens (including phenoxy) is 1. The van der Waals surface area contributed by atoms with Crippen molar-refractivity contribution in [2.75, 3.05) is 13.7 Å². The molecule has 3 aromatic heterocycles. The summed E-state index contributed by atoms with van der Waals surface area (Å²) in [6.45, 7) is 4.87. The van der Waals surface area contributed by atoms with Crippen LogP contribution in [0.5, 0.6) is 5.75 Å². The van der Waals surface area contributed by atoms with Crippen LogP contribution in [0.1, 0.15) is 29.8 Å². The first-order valence-electron chi connectivity index (χ1n) is 10.9. The van der Waals surface area contributed by atoms with Crippen molar-refractivity contribution < 1.29 is 9.53 Å². The molecule has 4 aromatic rings. The van der Waals surface area contributed by atoms with Gasteiger partial charge in [0.15, 0.2) is 0 Å². The van der Waals surface area contributed by atoms with Gasteiger partial charge in [0.05, 0.1) is 18.1 Å². The van der Waals surface area contributed by atoms with Crippen LogP contribution in [0.15, 0.2) is 59.5 Å². The van der Waals surface area contributed by atoms with E-state index in [1.54, 1.807) is 30.0 Å². The predicted octanol–water partition coefficient (Wildman–Crippen LogP) is 2.77. The molecule has 4 rings (SSSR count). The zero-order valence-electron chi connectivity index (χ0n) is 19.0. The maximum Gasteiger partial charge on any atom is 0.267 e. The molecule has 2 N–H and O–H groups in total. The lowest BCUT2D eigenvalue weighted by Crippen LogP contribution is -2.36. The van der Waals surface area contributed by atoms with Gasteiger partial charge in [-0.2, -0.15) is 0 Å². The molecule has 1 amide bonds. The van der Waals surface area contributed by atoms with Crippen molar-refractivity contribution in [3.8, 4) is 5.75 Å². The average molecular weight is 446 g/mol. The van der Waals surface area contributed by atoms with Crippen LogP contribution in [0.4, 0.5) is 0 Å². The molecule has 0 bridgehead atoms. The highest BCUT2D eigenvalue weighted by Gasteiger charge is 2.17. The lowest BCUT2D eigenvalue weighted by molar-refractivity contribution is 0.0946. The van der Waals surface area contributed by atoms with Crippen molar-refractivity contribution in [2.24, 2.45) is 5.92 Å². The number of nitrogens with zero attached hydrogens (tertiary/aromatic N) is 3. The number of hydrogen-bond acceptors (Lipinski definition) is 5. The number of aromatic nitrogens is 3. The number of methoxy groups -OCH3 is 1. The normalized spacial score (nSPS) is 11.3. The Hall–Kier alpha value is -3.94. The summed E-state index contributed by atoms with van der Waals surface area (Å²) in [5, 5.41) is 11.9. The van der Waals surface area contributed by atoms with Crippen LogP contribution in [-0.2, 0) is 13.0 Å². The summed E-state index contributed by atoms with van der Waals surface area (Å²) in [5.74, 6) is 0.663. The monoisotopic (exact) mass is 445 g/mol. The Bertz CT molecular complexity index is 1440. The maximum absolute atomic E-state index is 13.2. The number of aryl methyl sites for hydroxylation is 2. The largest absolute Gasteiger partial charge is 0.497 e. The molecule has 8 heteroatoms. The predicted molar refractivity (Wildman–Crippen MR) is 127 cm³/mol. The van der Waals surface area contributed by atoms with Gasteiger partial charge in [-0.1, -0.05) is 32.0 Å². The highest BCUT2D eigenvalue weighted by Crippen LogP contribution is 2.14. The summed E-state index contributed by atoms with van der Waals surface area (Å²) in [6.07, 6.45) is 2.25. The summed E-state index contributed by atoms with van der Waals surface area (Å²) >= 11 is 0. The van der Waals surface area contributed by atoms with Crippen LogP contribution in [0.3, 0.4) is 0 Å². The highest BCUT2D eigenvalue weighted by atomic mass is 16.5. The first kappa shape index (κ1) is 22.3. The third-order valence-electron chi connectivity index (χ3n) is 5.52. The van der Waals surface area contributed by atoms with E-state index < -0.39 is 0 Å². The second-order valence-electron chi connectivity index (χ2n) is 8.34. The van der Waals surface area contributed by atoms with Gasteiger partial charge in [0.25, 0.3) is 11.5 Å². The van der Waals surface area contributed by atoms with Crippen LogP contribution in [0.25, 0.3) is 16.7 Å². The Labute approximate surface area is 191 Å². The lowest BCUT2D eigenvalue weighted by atomic mass is 10.1. The number of benzene rings is 1. The first-order chi connectivity index (χ1) is 15.9. The van der Waals surface area contributed by atoms with E-state index in [2.05, 4.69) is 10.3 Å². The minimum atomic E-state index is -0.369. The molecule has 8 nitrogen and oxygen atoms in total. The second kappa shape index (κ2) is 9.28. The van der Waals surface area contributed by atoms with Gasteiger partial charge in [0.1, 0.15) is 22.5 Å². The Morgan fingerprint density at radius 1 is 1.18 bits per heavy atom. The number of amides is 1. The molecule has 0 aliphatic heterocycles. The van der Waals surface area contributed by atoms with Crippen LogP contribution in [0.2, 0.25) is 0 Å². The number of pyridine rings is 2. The Balaban J connectivity index is 1.85. The fourth-order valence-electron chi connectivity index (χ4n) is 3.70. The number of fused-ring (bicyclic) bond motifs is 2. The first-order valence-corrected chi connectivity index (χ1v) is 10.9. The smallest absolute Gasteiger partial charge is 0.267 e. The zero-order valence-corrected chi connectivity index (χ0v) is 19.0. The minimum absolute atomic E-state index is 0.0319. The Morgan fingerprint density at radius 3 is 2.64 bits per heavy atom. The molecule has 0 atom stereocenters. The molecule has 3 heterocycles. The molecular weight excluding hydrogens is 418 g/mol. The number of hydrogen-bond donors (Lipinski definition) is 2. The standard InChI is InChI=1S/C25H27N5O3/c1-16(2)15-27-24(31)19-14-20-23(28-21-6-4-5-12-29(21)25(20)32)30(22(19)26)13-11-17-7-9-18(33-3)10-8-17/h4-10,12,14,16,26H,11,13,15H2,1-3H3,(H,27,31). The topological polar surface area (TPSA) is 101 Å². The molecule has 0 aliphatic carbocycles. The SMILES string of the molecule is COc1ccc(CCn2c(=N)c(C(=O)NCC(C)C)cc3c(=O)n4ccccc4nc32)cc1. The zero-order chi connectivity index (χ0) is 23.5. The number of nitrogens with one attached hydrogen (secondary N) is 2. The van der Waals surface area contributed by atoms with E-state index in [1.165, 1.54) is 10.5 Å². The average Bonchev–Trinajstić information content (AvgIpc) is 2.82. The van der Waals surface area contributed by atoms with Crippen LogP contribution >= 0.6 is 0 Å². The number of carbonyl (C=O) groups excluding carboxylic acids is 1. The van der Waals surface area contributed by atoms with Gasteiger partial charge in [-0.05, 0) is 48.2 Å². The van der Waals surface area contributed by atoms with Crippen molar-refractivity contribution in [1.29, 1.82) is 5.41 Å². The molecule has 33 heavy (non-hydrogen) atoms. The van der Waals surface area contributed by atoms with Gasteiger partial charge in [0.2, 0.25) is 0 Å². The number of rotatable bonds is 7. The fraction of sp³-hybridized carbons (Fsp3) is 0.280. The highest BCUT2D eigenvalue weighted by molar-refractivity contribution is 5.96. The van der Waals surface area contributed by atoms with E-state index in [0.717, 1.165) is 11.3 Å². The Kier molecular flexibility index (Phi) is 6.26. The van der Waals surface area contributed by atoms with Crippen molar-refractivity contribution >= 4 is 22.6 Å². The summed E-state index contributed by atoms with van der Waals surface area (Å²) in [4.78, 5) is 30.8. The molecule has 0 fully saturated rings. The van der Waals surface area contributed by atoms with E-state index in [9.17, 15) is 9.59 Å². The van der Waals surface area contributed by atoms with Crippen LogP contribution in [-0.4, -0.2) is 33.5 Å². The van der Waals surface area contributed by atoms with Gasteiger partial charge in [-0.15, -0.1) is 0 Å². The summed E-state index contributed by atoms with van der Waals surface area (Å²) in [7, 11) is 1.62. The maximum atomic E-state index is 13.2. The van der Waals surface area contributed by atoms with Crippen LogP contribution < -0.4 is 21.1 Å². The summed E-state index contributed by atoms with van der Waals surface area (Å²) < 4.78 is 8.32. The second-order valence-corrected chi connectivity index (χ2v) is 8.34.